The minimum Gasteiger partial charge on any atom is -0.478 e. The second kappa shape index (κ2) is 3.61. The topological polar surface area (TPSA) is 58.9 Å². The van der Waals surface area contributed by atoms with E-state index in [1.807, 2.05) is 11.4 Å². The average molecular weight is 290 g/mol. The maximum absolute atomic E-state index is 10.9. The molecule has 0 saturated carbocycles. The van der Waals surface area contributed by atoms with E-state index in [9.17, 15) is 4.79 Å². The lowest BCUT2D eigenvalue weighted by Gasteiger charge is -2.14. The SMILES string of the molecule is CC1(C(=O)O)CC(c2cc(Br)cs2)=NO1. The zero-order chi connectivity index (χ0) is 11.1. The molecule has 1 N–H and O–H groups in total. The van der Waals surface area contributed by atoms with E-state index in [1.165, 1.54) is 18.3 Å². The van der Waals surface area contributed by atoms with Gasteiger partial charge in [-0.3, -0.25) is 0 Å². The number of carboxylic acid groups (broad SMARTS) is 1. The van der Waals surface area contributed by atoms with Crippen LogP contribution in [-0.2, 0) is 9.63 Å². The summed E-state index contributed by atoms with van der Waals surface area (Å²) in [6.45, 7) is 1.52. The van der Waals surface area contributed by atoms with Gasteiger partial charge in [0.2, 0.25) is 5.60 Å². The van der Waals surface area contributed by atoms with Gasteiger partial charge in [-0.05, 0) is 28.9 Å². The molecule has 0 amide bonds. The zero-order valence-corrected chi connectivity index (χ0v) is 10.3. The lowest BCUT2D eigenvalue weighted by Crippen LogP contribution is -2.35. The Morgan fingerprint density at radius 3 is 3.00 bits per heavy atom. The van der Waals surface area contributed by atoms with Crippen molar-refractivity contribution in [3.8, 4) is 0 Å². The summed E-state index contributed by atoms with van der Waals surface area (Å²) in [5.74, 6) is -0.989. The number of thiophene rings is 1. The number of nitrogens with zero attached hydrogens (tertiary/aromatic N) is 1. The van der Waals surface area contributed by atoms with Crippen molar-refractivity contribution in [2.45, 2.75) is 18.9 Å². The number of halogens is 1. The Bertz CT molecular complexity index is 442. The van der Waals surface area contributed by atoms with Crippen molar-refractivity contribution in [1.82, 2.24) is 0 Å². The number of carbonyl (C=O) groups is 1. The Labute approximate surface area is 98.7 Å². The van der Waals surface area contributed by atoms with Crippen molar-refractivity contribution in [3.63, 3.8) is 0 Å². The first-order valence-electron chi connectivity index (χ1n) is 4.24. The highest BCUT2D eigenvalue weighted by Gasteiger charge is 2.42. The molecule has 1 aromatic heterocycles. The third-order valence-electron chi connectivity index (χ3n) is 2.17. The fourth-order valence-electron chi connectivity index (χ4n) is 1.25. The highest BCUT2D eigenvalue weighted by atomic mass is 79.9. The van der Waals surface area contributed by atoms with Crippen molar-refractivity contribution < 1.29 is 14.7 Å². The Morgan fingerprint density at radius 2 is 2.53 bits per heavy atom. The van der Waals surface area contributed by atoms with E-state index in [0.29, 0.717) is 12.1 Å². The smallest absolute Gasteiger partial charge is 0.351 e. The summed E-state index contributed by atoms with van der Waals surface area (Å²) in [6.07, 6.45) is 0.301. The van der Waals surface area contributed by atoms with E-state index in [-0.39, 0.29) is 0 Å². The number of rotatable bonds is 2. The molecule has 15 heavy (non-hydrogen) atoms. The highest BCUT2D eigenvalue weighted by molar-refractivity contribution is 9.10. The Hall–Kier alpha value is -0.880. The van der Waals surface area contributed by atoms with E-state index in [0.717, 1.165) is 9.35 Å². The molecule has 4 nitrogen and oxygen atoms in total. The molecule has 1 aliphatic heterocycles. The van der Waals surface area contributed by atoms with Gasteiger partial charge in [-0.25, -0.2) is 4.79 Å². The molecule has 1 atom stereocenters. The van der Waals surface area contributed by atoms with Crippen molar-refractivity contribution in [3.05, 3.63) is 20.8 Å². The molecule has 0 bridgehead atoms. The van der Waals surface area contributed by atoms with Gasteiger partial charge in [-0.1, -0.05) is 5.16 Å². The number of carboxylic acids is 1. The van der Waals surface area contributed by atoms with Gasteiger partial charge < -0.3 is 9.94 Å². The van der Waals surface area contributed by atoms with Gasteiger partial charge in [0, 0.05) is 16.3 Å². The van der Waals surface area contributed by atoms with E-state index in [4.69, 9.17) is 9.94 Å². The molecular formula is C9H8BrNO3S. The maximum Gasteiger partial charge on any atom is 0.351 e. The Morgan fingerprint density at radius 1 is 1.80 bits per heavy atom. The largest absolute Gasteiger partial charge is 0.478 e. The molecular weight excluding hydrogens is 282 g/mol. The Kier molecular flexibility index (Phi) is 2.56. The molecule has 0 fully saturated rings. The molecule has 0 saturated heterocycles. The number of oxime groups is 1. The van der Waals surface area contributed by atoms with Crippen molar-refractivity contribution >= 4 is 38.9 Å². The van der Waals surface area contributed by atoms with Crippen LogP contribution in [0, 0.1) is 0 Å². The molecule has 6 heteroatoms. The molecule has 0 aromatic carbocycles. The molecule has 2 rings (SSSR count). The molecule has 1 aromatic rings. The fraction of sp³-hybridized carbons (Fsp3) is 0.333. The predicted molar refractivity (Wildman–Crippen MR) is 60.3 cm³/mol. The second-order valence-electron chi connectivity index (χ2n) is 3.47. The lowest BCUT2D eigenvalue weighted by atomic mass is 10.00. The monoisotopic (exact) mass is 289 g/mol. The molecule has 1 unspecified atom stereocenters. The first-order valence-corrected chi connectivity index (χ1v) is 5.91. The maximum atomic E-state index is 10.9. The van der Waals surface area contributed by atoms with E-state index >= 15 is 0 Å². The summed E-state index contributed by atoms with van der Waals surface area (Å²) in [6, 6.07) is 1.90. The van der Waals surface area contributed by atoms with E-state index in [1.54, 1.807) is 0 Å². The van der Waals surface area contributed by atoms with Crippen LogP contribution < -0.4 is 0 Å². The average Bonchev–Trinajstić information content (AvgIpc) is 2.73. The van der Waals surface area contributed by atoms with Crippen molar-refractivity contribution in [2.24, 2.45) is 5.16 Å². The van der Waals surface area contributed by atoms with Crippen LogP contribution in [0.4, 0.5) is 0 Å². The van der Waals surface area contributed by atoms with E-state index < -0.39 is 11.6 Å². The van der Waals surface area contributed by atoms with Gasteiger partial charge in [-0.2, -0.15) is 0 Å². The summed E-state index contributed by atoms with van der Waals surface area (Å²) >= 11 is 4.84. The summed E-state index contributed by atoms with van der Waals surface area (Å²) < 4.78 is 0.967. The number of aliphatic carboxylic acids is 1. The van der Waals surface area contributed by atoms with Crippen LogP contribution in [0.3, 0.4) is 0 Å². The quantitative estimate of drug-likeness (QED) is 0.910. The van der Waals surface area contributed by atoms with Crippen LogP contribution >= 0.6 is 27.3 Å². The van der Waals surface area contributed by atoms with Crippen LogP contribution in [0.25, 0.3) is 0 Å². The van der Waals surface area contributed by atoms with Gasteiger partial charge in [0.1, 0.15) is 5.71 Å². The molecule has 0 radical (unpaired) electrons. The van der Waals surface area contributed by atoms with Gasteiger partial charge in [0.05, 0.1) is 4.88 Å². The van der Waals surface area contributed by atoms with Crippen LogP contribution in [0.1, 0.15) is 18.2 Å². The fourth-order valence-corrected chi connectivity index (χ4v) is 2.66. The van der Waals surface area contributed by atoms with E-state index in [2.05, 4.69) is 21.1 Å². The van der Waals surface area contributed by atoms with Crippen molar-refractivity contribution in [1.29, 1.82) is 0 Å². The lowest BCUT2D eigenvalue weighted by molar-refractivity contribution is -0.160. The second-order valence-corrected chi connectivity index (χ2v) is 5.30. The van der Waals surface area contributed by atoms with Crippen LogP contribution in [0.5, 0.6) is 0 Å². The number of hydrogen-bond acceptors (Lipinski definition) is 4. The molecule has 2 heterocycles. The first kappa shape index (κ1) is 10.6. The zero-order valence-electron chi connectivity index (χ0n) is 7.86. The minimum atomic E-state index is -1.22. The Balaban J connectivity index is 2.20. The summed E-state index contributed by atoms with van der Waals surface area (Å²) in [4.78, 5) is 16.8. The van der Waals surface area contributed by atoms with Crippen LogP contribution in [0.2, 0.25) is 0 Å². The summed E-state index contributed by atoms with van der Waals surface area (Å²) in [5, 5.41) is 14.7. The number of hydrogen-bond donors (Lipinski definition) is 1. The molecule has 80 valence electrons. The standard InChI is InChI=1S/C9H8BrNO3S/c1-9(8(12)13)3-6(11-14-9)7-2-5(10)4-15-7/h2,4H,3H2,1H3,(H,12,13). The highest BCUT2D eigenvalue weighted by Crippen LogP contribution is 2.30. The first-order chi connectivity index (χ1) is 7.01. The molecule has 0 aliphatic carbocycles. The predicted octanol–water partition coefficient (Wildman–Crippen LogP) is 2.48. The third-order valence-corrected chi connectivity index (χ3v) is 3.91. The minimum absolute atomic E-state index is 0.301. The van der Waals surface area contributed by atoms with Crippen LogP contribution in [-0.4, -0.2) is 22.4 Å². The molecule has 1 aliphatic rings. The summed E-state index contributed by atoms with van der Waals surface area (Å²) in [7, 11) is 0. The van der Waals surface area contributed by atoms with Gasteiger partial charge >= 0.3 is 5.97 Å². The molecule has 0 spiro atoms. The summed E-state index contributed by atoms with van der Waals surface area (Å²) in [5.41, 5.74) is -0.526. The van der Waals surface area contributed by atoms with Crippen molar-refractivity contribution in [2.75, 3.05) is 0 Å². The van der Waals surface area contributed by atoms with Crippen LogP contribution in [0.15, 0.2) is 21.1 Å². The van der Waals surface area contributed by atoms with Gasteiger partial charge in [0.25, 0.3) is 0 Å². The van der Waals surface area contributed by atoms with Gasteiger partial charge in [0.15, 0.2) is 0 Å². The third kappa shape index (κ3) is 1.91. The normalized spacial score (nSPS) is 24.8. The van der Waals surface area contributed by atoms with Gasteiger partial charge in [-0.15, -0.1) is 11.3 Å².